The third-order valence-corrected chi connectivity index (χ3v) is 10.1. The number of hydrogen-bond acceptors (Lipinski definition) is 9. The molecule has 4 amide bonds. The molecule has 2 N–H and O–H groups in total. The van der Waals surface area contributed by atoms with E-state index >= 15 is 0 Å². The predicted octanol–water partition coefficient (Wildman–Crippen LogP) is 3.95. The van der Waals surface area contributed by atoms with Crippen LogP contribution in [0.2, 0.25) is 0 Å². The van der Waals surface area contributed by atoms with E-state index < -0.39 is 65.8 Å². The minimum Gasteiger partial charge on any atom is -0.497 e. The molecule has 0 spiro atoms. The third kappa shape index (κ3) is 9.26. The maximum absolute atomic E-state index is 14.5. The van der Waals surface area contributed by atoms with Gasteiger partial charge in [0, 0.05) is 38.4 Å². The maximum atomic E-state index is 14.5. The number of esters is 1. The van der Waals surface area contributed by atoms with Crippen molar-refractivity contribution in [1.82, 2.24) is 25.4 Å². The summed E-state index contributed by atoms with van der Waals surface area (Å²) in [5.74, 6) is -2.75. The van der Waals surface area contributed by atoms with Crippen molar-refractivity contribution in [2.75, 3.05) is 21.2 Å². The normalized spacial score (nSPS) is 24.4. The molecular formula is C37H47N5O7S. The molecule has 1 aliphatic rings. The molecule has 0 aliphatic carbocycles. The van der Waals surface area contributed by atoms with E-state index in [0.717, 1.165) is 11.1 Å². The minimum absolute atomic E-state index is 0.120. The van der Waals surface area contributed by atoms with Crippen LogP contribution < -0.4 is 15.4 Å². The Hall–Kier alpha value is -4.78. The average molecular weight is 706 g/mol. The lowest BCUT2D eigenvalue weighted by Crippen LogP contribution is -2.57. The Balaban J connectivity index is 1.77. The first-order valence-electron chi connectivity index (χ1n) is 16.8. The highest BCUT2D eigenvalue weighted by Gasteiger charge is 2.38. The second kappa shape index (κ2) is 17.2. The smallest absolute Gasteiger partial charge is 0.311 e. The zero-order valence-corrected chi connectivity index (χ0v) is 30.5. The van der Waals surface area contributed by atoms with Crippen molar-refractivity contribution in [2.45, 2.75) is 83.6 Å². The van der Waals surface area contributed by atoms with E-state index in [0.29, 0.717) is 23.6 Å². The molecule has 2 heterocycles. The lowest BCUT2D eigenvalue weighted by Gasteiger charge is -2.35. The topological polar surface area (TPSA) is 147 Å². The van der Waals surface area contributed by atoms with Crippen molar-refractivity contribution >= 4 is 40.9 Å². The lowest BCUT2D eigenvalue weighted by atomic mass is 9.97. The number of fused-ring (bicyclic) bond motifs is 2. The molecule has 268 valence electrons. The first-order chi connectivity index (χ1) is 23.8. The molecule has 1 aromatic heterocycles. The van der Waals surface area contributed by atoms with Crippen LogP contribution in [-0.4, -0.2) is 89.8 Å². The van der Waals surface area contributed by atoms with E-state index in [1.807, 2.05) is 49.4 Å². The summed E-state index contributed by atoms with van der Waals surface area (Å²) >= 11 is 1.23. The number of carbonyl (C=O) groups excluding carboxylic acids is 5. The Kier molecular flexibility index (Phi) is 13.1. The van der Waals surface area contributed by atoms with Crippen LogP contribution in [0, 0.1) is 5.92 Å². The zero-order valence-electron chi connectivity index (χ0n) is 29.7. The molecular weight excluding hydrogens is 659 g/mol. The van der Waals surface area contributed by atoms with Gasteiger partial charge in [0.1, 0.15) is 28.5 Å². The molecule has 0 radical (unpaired) electrons. The van der Waals surface area contributed by atoms with E-state index in [4.69, 9.17) is 9.47 Å². The molecule has 0 fully saturated rings. The number of rotatable bonds is 7. The van der Waals surface area contributed by atoms with Gasteiger partial charge in [-0.25, -0.2) is 4.98 Å². The first-order valence-corrected chi connectivity index (χ1v) is 17.7. The fourth-order valence-electron chi connectivity index (χ4n) is 5.91. The van der Waals surface area contributed by atoms with E-state index in [1.54, 1.807) is 45.5 Å². The highest BCUT2D eigenvalue weighted by Crippen LogP contribution is 2.23. The second-order valence-corrected chi connectivity index (χ2v) is 13.6. The van der Waals surface area contributed by atoms with Gasteiger partial charge < -0.3 is 29.9 Å². The zero-order chi connectivity index (χ0) is 36.5. The number of thiazole rings is 1. The fraction of sp³-hybridized carbons (Fsp3) is 0.459. The lowest BCUT2D eigenvalue weighted by molar-refractivity contribution is -0.164. The SMILES string of the molecule is CCC[C@H]1NC(=O)c2csc(n2)[C@H](C)NC(=O)[C@H](Cc2ccccc2)N(C)C(=O)[C@H](Cc2ccc(OC)cc2)N(C)C(=O)[C@H](C)OC(=O)[C@@H]1C. The average Bonchev–Trinajstić information content (AvgIpc) is 3.62. The second-order valence-electron chi connectivity index (χ2n) is 12.7. The Morgan fingerprint density at radius 2 is 1.46 bits per heavy atom. The van der Waals surface area contributed by atoms with Gasteiger partial charge in [0.05, 0.1) is 19.1 Å². The fourth-order valence-corrected chi connectivity index (χ4v) is 6.71. The number of methoxy groups -OCH3 is 1. The van der Waals surface area contributed by atoms with Crippen LogP contribution in [0.5, 0.6) is 5.75 Å². The molecule has 6 atom stereocenters. The van der Waals surface area contributed by atoms with Gasteiger partial charge in [0.25, 0.3) is 11.8 Å². The van der Waals surface area contributed by atoms with Gasteiger partial charge in [0.2, 0.25) is 11.8 Å². The van der Waals surface area contributed by atoms with Crippen LogP contribution >= 0.6 is 11.3 Å². The molecule has 50 heavy (non-hydrogen) atoms. The van der Waals surface area contributed by atoms with Crippen molar-refractivity contribution in [2.24, 2.45) is 5.92 Å². The van der Waals surface area contributed by atoms with Gasteiger partial charge in [0.15, 0.2) is 6.10 Å². The van der Waals surface area contributed by atoms with Gasteiger partial charge in [-0.15, -0.1) is 11.3 Å². The largest absolute Gasteiger partial charge is 0.497 e. The number of amides is 4. The molecule has 2 bridgehead atoms. The monoisotopic (exact) mass is 705 g/mol. The summed E-state index contributed by atoms with van der Waals surface area (Å²) in [7, 11) is 4.60. The minimum atomic E-state index is -1.24. The van der Waals surface area contributed by atoms with Gasteiger partial charge >= 0.3 is 5.97 Å². The summed E-state index contributed by atoms with van der Waals surface area (Å²) in [4.78, 5) is 76.3. The summed E-state index contributed by atoms with van der Waals surface area (Å²) in [6.45, 7) is 6.81. The van der Waals surface area contributed by atoms with E-state index in [9.17, 15) is 24.0 Å². The number of likely N-dealkylation sites (N-methyl/N-ethyl adjacent to an activating group) is 2. The number of hydrogen-bond donors (Lipinski definition) is 2. The maximum Gasteiger partial charge on any atom is 0.311 e. The van der Waals surface area contributed by atoms with E-state index in [-0.39, 0.29) is 18.5 Å². The molecule has 4 rings (SSSR count). The molecule has 12 nitrogen and oxygen atoms in total. The summed E-state index contributed by atoms with van der Waals surface area (Å²) in [5.41, 5.74) is 1.74. The summed E-state index contributed by atoms with van der Waals surface area (Å²) in [6, 6.07) is 13.3. The highest BCUT2D eigenvalue weighted by molar-refractivity contribution is 7.09. The summed E-state index contributed by atoms with van der Waals surface area (Å²) < 4.78 is 11.0. The predicted molar refractivity (Wildman–Crippen MR) is 190 cm³/mol. The van der Waals surface area contributed by atoms with E-state index in [2.05, 4.69) is 15.6 Å². The number of ether oxygens (including phenoxy) is 2. The molecule has 0 unspecified atom stereocenters. The number of nitrogens with zero attached hydrogens (tertiary/aromatic N) is 3. The third-order valence-electron chi connectivity index (χ3n) is 9.09. The van der Waals surface area contributed by atoms with Crippen molar-refractivity contribution in [3.05, 3.63) is 81.8 Å². The van der Waals surface area contributed by atoms with Crippen molar-refractivity contribution < 1.29 is 33.4 Å². The standard InChI is InChI=1S/C37H47N5O7S/c1-8-12-28-22(2)37(47)49-24(4)35(45)42(6)31(20-26-15-17-27(48-7)18-16-26)36(46)41(5)30(19-25-13-10-9-11-14-25)33(44)38-23(3)34-40-29(21-50-34)32(43)39-28/h9-11,13-18,21-24,28,30-31H,8,12,19-20H2,1-7H3,(H,38,44)(H,39,43)/t22-,23+,24+,28-,30+,31+/m1/s1. The molecule has 2 aromatic carbocycles. The number of cyclic esters (lactones) is 1. The van der Waals surface area contributed by atoms with Gasteiger partial charge in [-0.2, -0.15) is 0 Å². The Morgan fingerprint density at radius 3 is 2.10 bits per heavy atom. The number of carbonyl (C=O) groups is 5. The highest BCUT2D eigenvalue weighted by atomic mass is 32.1. The molecule has 1 aliphatic heterocycles. The van der Waals surface area contributed by atoms with Crippen molar-refractivity contribution in [1.29, 1.82) is 0 Å². The molecule has 0 saturated heterocycles. The van der Waals surface area contributed by atoms with Crippen LogP contribution in [0.15, 0.2) is 60.0 Å². The summed E-state index contributed by atoms with van der Waals surface area (Å²) in [6.07, 6.45) is 0.246. The van der Waals surface area contributed by atoms with E-state index in [1.165, 1.54) is 35.1 Å². The number of benzene rings is 2. The Labute approximate surface area is 297 Å². The quantitative estimate of drug-likeness (QED) is 0.352. The van der Waals surface area contributed by atoms with Crippen LogP contribution in [0.1, 0.15) is 73.2 Å². The molecule has 3 aromatic rings. The molecule has 13 heteroatoms. The number of aromatic nitrogens is 1. The number of nitrogens with one attached hydrogen (secondary N) is 2. The van der Waals surface area contributed by atoms with Crippen molar-refractivity contribution in [3.8, 4) is 5.75 Å². The van der Waals surface area contributed by atoms with Crippen LogP contribution in [-0.2, 0) is 36.8 Å². The van der Waals surface area contributed by atoms with Crippen LogP contribution in [0.4, 0.5) is 0 Å². The van der Waals surface area contributed by atoms with Crippen LogP contribution in [0.25, 0.3) is 0 Å². The van der Waals surface area contributed by atoms with Gasteiger partial charge in [-0.3, -0.25) is 24.0 Å². The first kappa shape index (κ1) is 38.0. The van der Waals surface area contributed by atoms with Crippen LogP contribution in [0.3, 0.4) is 0 Å². The molecule has 0 saturated carbocycles. The Bertz CT molecular complexity index is 1650. The van der Waals surface area contributed by atoms with Gasteiger partial charge in [-0.1, -0.05) is 55.8 Å². The van der Waals surface area contributed by atoms with Gasteiger partial charge in [-0.05, 0) is 50.5 Å². The Morgan fingerprint density at radius 1 is 0.840 bits per heavy atom. The van der Waals surface area contributed by atoms with Crippen molar-refractivity contribution in [3.63, 3.8) is 0 Å². The summed E-state index contributed by atoms with van der Waals surface area (Å²) in [5, 5.41) is 8.02.